The Morgan fingerprint density at radius 2 is 1.50 bits per heavy atom. The summed E-state index contributed by atoms with van der Waals surface area (Å²) < 4.78 is 11.4. The first kappa shape index (κ1) is 21.1. The van der Waals surface area contributed by atoms with E-state index in [-0.39, 0.29) is 11.7 Å². The molecule has 5 nitrogen and oxygen atoms in total. The van der Waals surface area contributed by atoms with E-state index in [2.05, 4.69) is 5.32 Å². The van der Waals surface area contributed by atoms with Gasteiger partial charge in [0.1, 0.15) is 18.1 Å². The molecule has 3 aromatic rings. The van der Waals surface area contributed by atoms with Crippen molar-refractivity contribution in [2.45, 2.75) is 33.0 Å². The predicted octanol–water partition coefficient (Wildman–Crippen LogP) is 5.26. The normalized spacial score (nSPS) is 11.4. The summed E-state index contributed by atoms with van der Waals surface area (Å²) in [5.74, 6) is 1.07. The predicted molar refractivity (Wildman–Crippen MR) is 117 cm³/mol. The van der Waals surface area contributed by atoms with Gasteiger partial charge in [-0.15, -0.1) is 0 Å². The summed E-state index contributed by atoms with van der Waals surface area (Å²) >= 11 is 0. The first-order valence-corrected chi connectivity index (χ1v) is 9.92. The maximum atomic E-state index is 12.4. The van der Waals surface area contributed by atoms with Crippen LogP contribution in [0.2, 0.25) is 0 Å². The molecule has 0 saturated carbocycles. The lowest BCUT2D eigenvalue weighted by molar-refractivity contribution is -0.122. The van der Waals surface area contributed by atoms with Gasteiger partial charge in [-0.2, -0.15) is 0 Å². The molecule has 0 radical (unpaired) electrons. The highest BCUT2D eigenvalue weighted by Gasteiger charge is 2.15. The molecule has 1 amide bonds. The van der Waals surface area contributed by atoms with Crippen molar-refractivity contribution in [3.8, 4) is 11.5 Å². The van der Waals surface area contributed by atoms with Gasteiger partial charge >= 0.3 is 0 Å². The molecule has 0 heterocycles. The molecule has 0 unspecified atom stereocenters. The lowest BCUT2D eigenvalue weighted by Crippen LogP contribution is -2.30. The SMILES string of the molecule is CCC(=O)c1ccc(O[C@H](C)C(=O)Nc2ccc(OCc3ccccc3)cc2)cc1. The van der Waals surface area contributed by atoms with Gasteiger partial charge < -0.3 is 14.8 Å². The first-order chi connectivity index (χ1) is 14.5. The van der Waals surface area contributed by atoms with Crippen molar-refractivity contribution in [2.24, 2.45) is 0 Å². The molecular formula is C25H25NO4. The third kappa shape index (κ3) is 5.95. The second kappa shape index (κ2) is 10.3. The summed E-state index contributed by atoms with van der Waals surface area (Å²) in [4.78, 5) is 24.1. The van der Waals surface area contributed by atoms with E-state index in [9.17, 15) is 9.59 Å². The molecule has 0 fully saturated rings. The van der Waals surface area contributed by atoms with E-state index < -0.39 is 6.10 Å². The van der Waals surface area contributed by atoms with Crippen LogP contribution in [0.15, 0.2) is 78.9 Å². The molecule has 5 heteroatoms. The van der Waals surface area contributed by atoms with Crippen molar-refractivity contribution in [1.82, 2.24) is 0 Å². The minimum absolute atomic E-state index is 0.0727. The van der Waals surface area contributed by atoms with Crippen LogP contribution in [0.4, 0.5) is 5.69 Å². The standard InChI is InChI=1S/C25H25NO4/c1-3-24(27)20-9-13-23(14-10-20)30-18(2)25(28)26-21-11-15-22(16-12-21)29-17-19-7-5-4-6-8-19/h4-16,18H,3,17H2,1-2H3,(H,26,28)/t18-/m1/s1. The van der Waals surface area contributed by atoms with Gasteiger partial charge in [-0.3, -0.25) is 9.59 Å². The summed E-state index contributed by atoms with van der Waals surface area (Å²) in [6.45, 7) is 3.99. The molecule has 3 rings (SSSR count). The van der Waals surface area contributed by atoms with E-state index in [1.165, 1.54) is 0 Å². The average Bonchev–Trinajstić information content (AvgIpc) is 2.79. The molecule has 30 heavy (non-hydrogen) atoms. The Kier molecular flexibility index (Phi) is 7.22. The van der Waals surface area contributed by atoms with Gasteiger partial charge in [0, 0.05) is 17.7 Å². The number of ketones is 1. The van der Waals surface area contributed by atoms with Crippen LogP contribution >= 0.6 is 0 Å². The van der Waals surface area contributed by atoms with Gasteiger partial charge in [0.05, 0.1) is 0 Å². The van der Waals surface area contributed by atoms with E-state index >= 15 is 0 Å². The zero-order valence-corrected chi connectivity index (χ0v) is 17.1. The summed E-state index contributed by atoms with van der Waals surface area (Å²) in [5.41, 5.74) is 2.39. The van der Waals surface area contributed by atoms with Gasteiger partial charge in [0.2, 0.25) is 0 Å². The maximum Gasteiger partial charge on any atom is 0.265 e. The molecule has 0 saturated heterocycles. The van der Waals surface area contributed by atoms with E-state index in [1.807, 2.05) is 49.4 Å². The van der Waals surface area contributed by atoms with Crippen LogP contribution in [0.1, 0.15) is 36.2 Å². The van der Waals surface area contributed by atoms with Gasteiger partial charge in [-0.05, 0) is 61.0 Å². The number of hydrogen-bond donors (Lipinski definition) is 1. The average molecular weight is 403 g/mol. The van der Waals surface area contributed by atoms with Crippen LogP contribution in [0.5, 0.6) is 11.5 Å². The van der Waals surface area contributed by atoms with E-state index in [0.717, 1.165) is 11.3 Å². The van der Waals surface area contributed by atoms with Gasteiger partial charge in [-0.1, -0.05) is 37.3 Å². The summed E-state index contributed by atoms with van der Waals surface area (Å²) in [6, 6.07) is 23.9. The third-order valence-corrected chi connectivity index (χ3v) is 4.55. The quantitative estimate of drug-likeness (QED) is 0.495. The maximum absolute atomic E-state index is 12.4. The molecule has 0 aliphatic carbocycles. The highest BCUT2D eigenvalue weighted by molar-refractivity contribution is 5.96. The number of hydrogen-bond acceptors (Lipinski definition) is 4. The number of amides is 1. The highest BCUT2D eigenvalue weighted by atomic mass is 16.5. The smallest absolute Gasteiger partial charge is 0.265 e. The first-order valence-electron chi connectivity index (χ1n) is 9.92. The Morgan fingerprint density at radius 3 is 2.13 bits per heavy atom. The Morgan fingerprint density at radius 1 is 0.867 bits per heavy atom. The molecule has 154 valence electrons. The molecule has 0 spiro atoms. The second-order valence-electron chi connectivity index (χ2n) is 6.85. The molecule has 0 aliphatic rings. The van der Waals surface area contributed by atoms with Crippen molar-refractivity contribution >= 4 is 17.4 Å². The second-order valence-corrected chi connectivity index (χ2v) is 6.85. The van der Waals surface area contributed by atoms with Gasteiger partial charge in [0.25, 0.3) is 5.91 Å². The van der Waals surface area contributed by atoms with Crippen LogP contribution in [-0.2, 0) is 11.4 Å². The van der Waals surface area contributed by atoms with E-state index in [1.54, 1.807) is 43.3 Å². The summed E-state index contributed by atoms with van der Waals surface area (Å²) in [6.07, 6.45) is -0.235. The van der Waals surface area contributed by atoms with Crippen LogP contribution in [0.3, 0.4) is 0 Å². The number of nitrogens with one attached hydrogen (secondary N) is 1. The summed E-state index contributed by atoms with van der Waals surface area (Å²) in [7, 11) is 0. The Bertz CT molecular complexity index is 966. The minimum atomic E-state index is -0.688. The minimum Gasteiger partial charge on any atom is -0.489 e. The molecule has 0 bridgehead atoms. The lowest BCUT2D eigenvalue weighted by atomic mass is 10.1. The molecule has 1 atom stereocenters. The largest absolute Gasteiger partial charge is 0.489 e. The molecule has 3 aromatic carbocycles. The number of carbonyl (C=O) groups excluding carboxylic acids is 2. The molecule has 0 aromatic heterocycles. The zero-order valence-electron chi connectivity index (χ0n) is 17.1. The molecular weight excluding hydrogens is 378 g/mol. The number of Topliss-reactive ketones (excluding diaryl/α,β-unsaturated/α-hetero) is 1. The number of ether oxygens (including phenoxy) is 2. The van der Waals surface area contributed by atoms with Crippen LogP contribution in [0.25, 0.3) is 0 Å². The van der Waals surface area contributed by atoms with Crippen molar-refractivity contribution in [3.05, 3.63) is 90.0 Å². The fraction of sp³-hybridized carbons (Fsp3) is 0.200. The van der Waals surface area contributed by atoms with Crippen LogP contribution in [0, 0.1) is 0 Å². The topological polar surface area (TPSA) is 64.6 Å². The van der Waals surface area contributed by atoms with Crippen molar-refractivity contribution in [1.29, 1.82) is 0 Å². The van der Waals surface area contributed by atoms with Crippen molar-refractivity contribution in [3.63, 3.8) is 0 Å². The Balaban J connectivity index is 1.50. The fourth-order valence-corrected chi connectivity index (χ4v) is 2.80. The van der Waals surface area contributed by atoms with E-state index in [0.29, 0.717) is 30.0 Å². The molecule has 1 N–H and O–H groups in total. The van der Waals surface area contributed by atoms with E-state index in [4.69, 9.17) is 9.47 Å². The number of benzene rings is 3. The lowest BCUT2D eigenvalue weighted by Gasteiger charge is -2.15. The Labute approximate surface area is 176 Å². The number of carbonyl (C=O) groups is 2. The number of rotatable bonds is 9. The van der Waals surface area contributed by atoms with Crippen molar-refractivity contribution < 1.29 is 19.1 Å². The third-order valence-electron chi connectivity index (χ3n) is 4.55. The highest BCUT2D eigenvalue weighted by Crippen LogP contribution is 2.19. The van der Waals surface area contributed by atoms with Gasteiger partial charge in [-0.25, -0.2) is 0 Å². The van der Waals surface area contributed by atoms with Crippen LogP contribution < -0.4 is 14.8 Å². The number of anilines is 1. The fourth-order valence-electron chi connectivity index (χ4n) is 2.80. The Hall–Kier alpha value is -3.60. The molecule has 0 aliphatic heterocycles. The van der Waals surface area contributed by atoms with Crippen molar-refractivity contribution in [2.75, 3.05) is 5.32 Å². The monoisotopic (exact) mass is 403 g/mol. The zero-order chi connectivity index (χ0) is 21.3. The van der Waals surface area contributed by atoms with Gasteiger partial charge in [0.15, 0.2) is 11.9 Å². The summed E-state index contributed by atoms with van der Waals surface area (Å²) in [5, 5.41) is 2.83. The van der Waals surface area contributed by atoms with Crippen LogP contribution in [-0.4, -0.2) is 17.8 Å².